The van der Waals surface area contributed by atoms with E-state index in [2.05, 4.69) is 6.08 Å². The van der Waals surface area contributed by atoms with Gasteiger partial charge in [-0.2, -0.15) is 0 Å². The average molecular weight is 182 g/mol. The summed E-state index contributed by atoms with van der Waals surface area (Å²) in [6, 6.07) is 0. The third-order valence-corrected chi connectivity index (χ3v) is 2.43. The van der Waals surface area contributed by atoms with Gasteiger partial charge in [-0.1, -0.05) is 12.2 Å². The molecule has 1 heterocycles. The monoisotopic (exact) mass is 182 g/mol. The lowest BCUT2D eigenvalue weighted by atomic mass is 9.91. The van der Waals surface area contributed by atoms with E-state index in [0.29, 0.717) is 6.54 Å². The van der Waals surface area contributed by atoms with Crippen LogP contribution in [-0.2, 0) is 4.79 Å². The molecule has 2 N–H and O–H groups in total. The van der Waals surface area contributed by atoms with Crippen LogP contribution in [0.5, 0.6) is 0 Å². The Bertz CT molecular complexity index is 221. The predicted octanol–water partition coefficient (Wildman–Crippen LogP) is 0.760. The van der Waals surface area contributed by atoms with Crippen molar-refractivity contribution in [1.29, 1.82) is 0 Å². The summed E-state index contributed by atoms with van der Waals surface area (Å²) in [6.07, 6.45) is 5.11. The summed E-state index contributed by atoms with van der Waals surface area (Å²) in [5.41, 5.74) is 5.14. The Kier molecular flexibility index (Phi) is 3.09. The fraction of sp³-hybridized carbons (Fsp3) is 0.700. The molecule has 74 valence electrons. The van der Waals surface area contributed by atoms with Crippen LogP contribution in [0.3, 0.4) is 0 Å². The highest BCUT2D eigenvalue weighted by molar-refractivity contribution is 5.82. The molecule has 3 nitrogen and oxygen atoms in total. The number of amides is 1. The molecule has 1 amide bonds. The molecule has 1 aliphatic rings. The van der Waals surface area contributed by atoms with Crippen LogP contribution in [0.2, 0.25) is 0 Å². The van der Waals surface area contributed by atoms with Crippen molar-refractivity contribution in [2.24, 2.45) is 11.1 Å². The molecule has 0 aromatic carbocycles. The van der Waals surface area contributed by atoms with E-state index in [1.165, 1.54) is 0 Å². The molecule has 3 heteroatoms. The van der Waals surface area contributed by atoms with Crippen molar-refractivity contribution in [3.05, 3.63) is 12.2 Å². The summed E-state index contributed by atoms with van der Waals surface area (Å²) in [7, 11) is 0. The molecule has 13 heavy (non-hydrogen) atoms. The Morgan fingerprint density at radius 1 is 1.54 bits per heavy atom. The van der Waals surface area contributed by atoms with Gasteiger partial charge in [-0.25, -0.2) is 0 Å². The van der Waals surface area contributed by atoms with Gasteiger partial charge in [0.1, 0.15) is 0 Å². The predicted molar refractivity (Wildman–Crippen MR) is 53.2 cm³/mol. The van der Waals surface area contributed by atoms with Crippen LogP contribution >= 0.6 is 0 Å². The van der Waals surface area contributed by atoms with Gasteiger partial charge in [0, 0.05) is 19.6 Å². The molecule has 0 radical (unpaired) electrons. The van der Waals surface area contributed by atoms with E-state index in [1.807, 2.05) is 24.8 Å². The first-order chi connectivity index (χ1) is 6.08. The quantitative estimate of drug-likeness (QED) is 0.641. The van der Waals surface area contributed by atoms with Gasteiger partial charge >= 0.3 is 0 Å². The lowest BCUT2D eigenvalue weighted by Gasteiger charge is -2.31. The third kappa shape index (κ3) is 2.31. The van der Waals surface area contributed by atoms with E-state index >= 15 is 0 Å². The van der Waals surface area contributed by atoms with Crippen LogP contribution in [0.1, 0.15) is 20.3 Å². The zero-order valence-electron chi connectivity index (χ0n) is 8.42. The molecular weight excluding hydrogens is 164 g/mol. The first kappa shape index (κ1) is 10.3. The molecule has 0 spiro atoms. The maximum Gasteiger partial charge on any atom is 0.229 e. The van der Waals surface area contributed by atoms with Crippen molar-refractivity contribution in [1.82, 2.24) is 4.90 Å². The normalized spacial score (nSPS) is 17.6. The Morgan fingerprint density at radius 3 is 2.69 bits per heavy atom. The molecule has 0 saturated carbocycles. The molecule has 1 aliphatic heterocycles. The third-order valence-electron chi connectivity index (χ3n) is 2.43. The molecule has 0 fully saturated rings. The smallest absolute Gasteiger partial charge is 0.229 e. The van der Waals surface area contributed by atoms with Crippen molar-refractivity contribution >= 4 is 5.91 Å². The Labute approximate surface area is 79.6 Å². The fourth-order valence-corrected chi connectivity index (χ4v) is 1.34. The standard InChI is InChI=1S/C10H18N2O/c1-10(2,8-11)9(13)12-6-4-3-5-7-12/h3-4H,5-8,11H2,1-2H3. The first-order valence-electron chi connectivity index (χ1n) is 4.72. The molecule has 0 aromatic heterocycles. The Morgan fingerprint density at radius 2 is 2.23 bits per heavy atom. The number of nitrogens with two attached hydrogens (primary N) is 1. The van der Waals surface area contributed by atoms with Gasteiger partial charge in [-0.15, -0.1) is 0 Å². The Hall–Kier alpha value is -0.830. The second kappa shape index (κ2) is 3.92. The number of carbonyl (C=O) groups is 1. The molecular formula is C10H18N2O. The maximum atomic E-state index is 11.9. The molecule has 0 atom stereocenters. The first-order valence-corrected chi connectivity index (χ1v) is 4.72. The number of carbonyl (C=O) groups excluding carboxylic acids is 1. The van der Waals surface area contributed by atoms with Gasteiger partial charge < -0.3 is 10.6 Å². The lowest BCUT2D eigenvalue weighted by Crippen LogP contribution is -2.45. The van der Waals surface area contributed by atoms with Crippen LogP contribution in [0.15, 0.2) is 12.2 Å². The summed E-state index contributed by atoms with van der Waals surface area (Å²) >= 11 is 0. The van der Waals surface area contributed by atoms with Crippen molar-refractivity contribution in [2.75, 3.05) is 19.6 Å². The van der Waals surface area contributed by atoms with Crippen LogP contribution in [0.4, 0.5) is 0 Å². The van der Waals surface area contributed by atoms with E-state index in [4.69, 9.17) is 5.73 Å². The van der Waals surface area contributed by atoms with Gasteiger partial charge in [0.05, 0.1) is 5.41 Å². The van der Waals surface area contributed by atoms with Gasteiger partial charge in [0.15, 0.2) is 0 Å². The largest absolute Gasteiger partial charge is 0.338 e. The Balaban J connectivity index is 2.61. The second-order valence-corrected chi connectivity index (χ2v) is 4.10. The fourth-order valence-electron chi connectivity index (χ4n) is 1.34. The van der Waals surface area contributed by atoms with Crippen molar-refractivity contribution < 1.29 is 4.79 Å². The van der Waals surface area contributed by atoms with Crippen LogP contribution in [0, 0.1) is 5.41 Å². The minimum absolute atomic E-state index is 0.166. The minimum Gasteiger partial charge on any atom is -0.338 e. The number of hydrogen-bond donors (Lipinski definition) is 1. The van der Waals surface area contributed by atoms with E-state index in [-0.39, 0.29) is 5.91 Å². The molecule has 0 saturated heterocycles. The highest BCUT2D eigenvalue weighted by atomic mass is 16.2. The van der Waals surface area contributed by atoms with Crippen LogP contribution < -0.4 is 5.73 Å². The van der Waals surface area contributed by atoms with E-state index < -0.39 is 5.41 Å². The number of nitrogens with zero attached hydrogens (tertiary/aromatic N) is 1. The summed E-state index contributed by atoms with van der Waals surface area (Å²) in [5, 5.41) is 0. The summed E-state index contributed by atoms with van der Waals surface area (Å²) < 4.78 is 0. The summed E-state index contributed by atoms with van der Waals surface area (Å²) in [5.74, 6) is 0.166. The SMILES string of the molecule is CC(C)(CN)C(=O)N1CC=CCC1. The molecule has 0 aliphatic carbocycles. The van der Waals surface area contributed by atoms with Crippen molar-refractivity contribution in [3.8, 4) is 0 Å². The molecule has 0 aromatic rings. The topological polar surface area (TPSA) is 46.3 Å². The number of rotatable bonds is 2. The van der Waals surface area contributed by atoms with E-state index in [1.54, 1.807) is 0 Å². The molecule has 0 unspecified atom stereocenters. The summed E-state index contributed by atoms with van der Waals surface area (Å²) in [4.78, 5) is 13.7. The highest BCUT2D eigenvalue weighted by Gasteiger charge is 2.30. The summed E-state index contributed by atoms with van der Waals surface area (Å²) in [6.45, 7) is 5.77. The van der Waals surface area contributed by atoms with Crippen LogP contribution in [-0.4, -0.2) is 30.4 Å². The van der Waals surface area contributed by atoms with Crippen molar-refractivity contribution in [3.63, 3.8) is 0 Å². The van der Waals surface area contributed by atoms with Gasteiger partial charge in [-0.3, -0.25) is 4.79 Å². The molecule has 0 bridgehead atoms. The number of hydrogen-bond acceptors (Lipinski definition) is 2. The average Bonchev–Trinajstić information content (AvgIpc) is 2.18. The zero-order chi connectivity index (χ0) is 9.90. The van der Waals surface area contributed by atoms with E-state index in [0.717, 1.165) is 19.5 Å². The molecule has 1 rings (SSSR count). The van der Waals surface area contributed by atoms with E-state index in [9.17, 15) is 4.79 Å². The minimum atomic E-state index is -0.412. The van der Waals surface area contributed by atoms with Gasteiger partial charge in [0.25, 0.3) is 0 Å². The lowest BCUT2D eigenvalue weighted by molar-refractivity contribution is -0.139. The second-order valence-electron chi connectivity index (χ2n) is 4.10. The van der Waals surface area contributed by atoms with Crippen LogP contribution in [0.25, 0.3) is 0 Å². The van der Waals surface area contributed by atoms with Gasteiger partial charge in [0.2, 0.25) is 5.91 Å². The van der Waals surface area contributed by atoms with Gasteiger partial charge in [-0.05, 0) is 20.3 Å². The highest BCUT2D eigenvalue weighted by Crippen LogP contribution is 2.18. The van der Waals surface area contributed by atoms with Crippen molar-refractivity contribution in [2.45, 2.75) is 20.3 Å². The zero-order valence-corrected chi connectivity index (χ0v) is 8.42. The maximum absolute atomic E-state index is 11.9.